The molecule has 1 aromatic heterocycles. The van der Waals surface area contributed by atoms with Crippen LogP contribution >= 0.6 is 11.8 Å². The molecule has 4 saturated heterocycles. The molecule has 5 heterocycles. The molecule has 0 bridgehead atoms. The van der Waals surface area contributed by atoms with Crippen LogP contribution in [-0.4, -0.2) is 125 Å². The molecule has 1 aromatic rings. The van der Waals surface area contributed by atoms with E-state index in [1.807, 2.05) is 6.92 Å². The summed E-state index contributed by atoms with van der Waals surface area (Å²) in [6.07, 6.45) is 1.88. The van der Waals surface area contributed by atoms with Crippen molar-refractivity contribution >= 4 is 41.4 Å². The number of amides is 3. The van der Waals surface area contributed by atoms with Crippen LogP contribution in [0.1, 0.15) is 20.3 Å². The number of nitrogens with one attached hydrogen (secondary N) is 4. The lowest BCUT2D eigenvalue weighted by atomic mass is 9.78. The van der Waals surface area contributed by atoms with Crippen molar-refractivity contribution in [2.45, 2.75) is 67.5 Å². The van der Waals surface area contributed by atoms with Gasteiger partial charge in [0.1, 0.15) is 18.9 Å². The molecule has 3 amide bonds. The summed E-state index contributed by atoms with van der Waals surface area (Å²) < 4.78 is 1.28. The molecule has 8 atom stereocenters. The number of aliphatic carboxylic acids is 1. The number of carbonyl (C=O) groups is 4. The summed E-state index contributed by atoms with van der Waals surface area (Å²) >= 11 is 1.53. The third kappa shape index (κ3) is 5.11. The number of carboxylic acids is 1. The topological polar surface area (TPSA) is 225 Å². The molecule has 0 aromatic carbocycles. The first kappa shape index (κ1) is 27.1. The molecule has 17 heteroatoms. The molecule has 4 aliphatic rings. The van der Waals surface area contributed by atoms with Gasteiger partial charge in [-0.15, -0.1) is 5.10 Å². The SMILES string of the molecule is CC(NC(=O)Cn1cnnn1)[C@H]1C(=O)N2C(C(=O)O)C(S[C@H]3CNC(C(=O)N4CC(NC(=N)N)C4)C3)C(C)[C@H]12. The van der Waals surface area contributed by atoms with Gasteiger partial charge < -0.3 is 36.6 Å². The highest BCUT2D eigenvalue weighted by Gasteiger charge is 2.65. The summed E-state index contributed by atoms with van der Waals surface area (Å²) in [4.78, 5) is 54.0. The smallest absolute Gasteiger partial charge is 0.327 e. The monoisotopic (exact) mass is 563 g/mol. The standard InChI is InChI=1S/C22H33N11O5S/c1-9-16-15(10(2)27-14(34)7-32-8-26-29-30-32)20(36)33(16)17(21(37)38)18(9)39-12-3-13(25-4-12)19(35)31-5-11(6-31)28-22(23)24/h8-13,15-18,25H,3-7H2,1-2H3,(H,27,34)(H,37,38)(H4,23,24,28)/t9?,10?,12-,13?,15-,16-,17?,18?/m1/s1. The molecular weight excluding hydrogens is 530 g/mol. The Bertz CT molecular complexity index is 1150. The summed E-state index contributed by atoms with van der Waals surface area (Å²) in [7, 11) is 0. The van der Waals surface area contributed by atoms with Gasteiger partial charge in [-0.3, -0.25) is 19.8 Å². The predicted octanol–water partition coefficient (Wildman–Crippen LogP) is -3.37. The van der Waals surface area contributed by atoms with Crippen molar-refractivity contribution in [3.63, 3.8) is 0 Å². The van der Waals surface area contributed by atoms with E-state index in [1.165, 1.54) is 27.7 Å². The number of β-lactam (4-membered cyclic amide) rings is 1. The highest BCUT2D eigenvalue weighted by atomic mass is 32.2. The van der Waals surface area contributed by atoms with E-state index in [-0.39, 0.29) is 64.8 Å². The van der Waals surface area contributed by atoms with Crippen LogP contribution in [0.2, 0.25) is 0 Å². The average Bonchev–Trinajstić information content (AvgIpc) is 3.56. The van der Waals surface area contributed by atoms with E-state index >= 15 is 0 Å². The Kier molecular flexibility index (Phi) is 7.37. The Morgan fingerprint density at radius 1 is 1.36 bits per heavy atom. The predicted molar refractivity (Wildman–Crippen MR) is 137 cm³/mol. The number of nitrogens with two attached hydrogens (primary N) is 1. The molecule has 0 spiro atoms. The number of fused-ring (bicyclic) bond motifs is 1. The zero-order valence-corrected chi connectivity index (χ0v) is 22.4. The van der Waals surface area contributed by atoms with Crippen LogP contribution in [0.4, 0.5) is 0 Å². The fourth-order valence-corrected chi connectivity index (χ4v) is 8.01. The van der Waals surface area contributed by atoms with Gasteiger partial charge in [0, 0.05) is 42.2 Å². The summed E-state index contributed by atoms with van der Waals surface area (Å²) in [6, 6.07) is -2.14. The zero-order chi connectivity index (χ0) is 28.0. The molecule has 5 rings (SSSR count). The zero-order valence-electron chi connectivity index (χ0n) is 21.6. The third-order valence-corrected chi connectivity index (χ3v) is 9.81. The number of thioether (sulfide) groups is 1. The fourth-order valence-electron chi connectivity index (χ4n) is 6.26. The third-order valence-electron chi connectivity index (χ3n) is 8.07. The number of hydrogen-bond acceptors (Lipinski definition) is 10. The van der Waals surface area contributed by atoms with Crippen molar-refractivity contribution in [1.29, 1.82) is 5.41 Å². The average molecular weight is 564 g/mol. The number of nitrogens with zero attached hydrogens (tertiary/aromatic N) is 6. The lowest BCUT2D eigenvalue weighted by Gasteiger charge is -2.48. The lowest BCUT2D eigenvalue weighted by Crippen LogP contribution is -2.68. The van der Waals surface area contributed by atoms with Gasteiger partial charge in [-0.2, -0.15) is 11.8 Å². The number of carbonyl (C=O) groups excluding carboxylic acids is 3. The second kappa shape index (κ2) is 10.6. The maximum absolute atomic E-state index is 13.2. The van der Waals surface area contributed by atoms with Gasteiger partial charge in [-0.25, -0.2) is 9.48 Å². The van der Waals surface area contributed by atoms with Crippen LogP contribution in [-0.2, 0) is 25.7 Å². The minimum Gasteiger partial charge on any atom is -0.480 e. The minimum atomic E-state index is -1.05. The molecule has 0 radical (unpaired) electrons. The molecule has 5 unspecified atom stereocenters. The molecule has 4 aliphatic heterocycles. The van der Waals surface area contributed by atoms with E-state index in [0.29, 0.717) is 26.1 Å². The fraction of sp³-hybridized carbons (Fsp3) is 0.727. The van der Waals surface area contributed by atoms with Gasteiger partial charge in [0.05, 0.1) is 18.0 Å². The second-order valence-corrected chi connectivity index (χ2v) is 12.2. The number of hydrogen-bond donors (Lipinski definition) is 6. The van der Waals surface area contributed by atoms with E-state index in [0.717, 1.165) is 0 Å². The molecule has 4 fully saturated rings. The van der Waals surface area contributed by atoms with E-state index in [9.17, 15) is 24.3 Å². The van der Waals surface area contributed by atoms with Crippen molar-refractivity contribution in [2.75, 3.05) is 19.6 Å². The maximum Gasteiger partial charge on any atom is 0.327 e. The number of likely N-dealkylation sites (tertiary alicyclic amines) is 1. The molecule has 7 N–H and O–H groups in total. The maximum atomic E-state index is 13.2. The van der Waals surface area contributed by atoms with E-state index in [2.05, 4.69) is 31.5 Å². The number of rotatable bonds is 9. The Hall–Kier alpha value is -3.47. The van der Waals surface area contributed by atoms with Crippen molar-refractivity contribution in [3.05, 3.63) is 6.33 Å². The van der Waals surface area contributed by atoms with Crippen molar-refractivity contribution in [2.24, 2.45) is 17.6 Å². The first-order chi connectivity index (χ1) is 18.5. The van der Waals surface area contributed by atoms with Crippen LogP contribution in [0, 0.1) is 17.2 Å². The highest BCUT2D eigenvalue weighted by molar-refractivity contribution is 8.00. The van der Waals surface area contributed by atoms with E-state index in [4.69, 9.17) is 11.1 Å². The molecule has 39 heavy (non-hydrogen) atoms. The Balaban J connectivity index is 1.18. The van der Waals surface area contributed by atoms with Crippen LogP contribution in [0.25, 0.3) is 0 Å². The van der Waals surface area contributed by atoms with Crippen LogP contribution in [0.3, 0.4) is 0 Å². The number of tetrazole rings is 1. The number of carboxylic acid groups (broad SMARTS) is 1. The van der Waals surface area contributed by atoms with Gasteiger partial charge in [0.25, 0.3) is 0 Å². The summed E-state index contributed by atoms with van der Waals surface area (Å²) in [5.74, 6) is -2.45. The Morgan fingerprint density at radius 3 is 2.74 bits per heavy atom. The van der Waals surface area contributed by atoms with Gasteiger partial charge in [-0.1, -0.05) is 6.92 Å². The van der Waals surface area contributed by atoms with Gasteiger partial charge in [0.2, 0.25) is 17.7 Å². The number of guanidine groups is 1. The number of aromatic nitrogens is 4. The quantitative estimate of drug-likeness (QED) is 0.0984. The van der Waals surface area contributed by atoms with Gasteiger partial charge in [-0.05, 0) is 29.7 Å². The van der Waals surface area contributed by atoms with E-state index in [1.54, 1.807) is 11.8 Å². The molecule has 16 nitrogen and oxygen atoms in total. The van der Waals surface area contributed by atoms with E-state index < -0.39 is 24.0 Å². The molecule has 0 aliphatic carbocycles. The second-order valence-electron chi connectivity index (χ2n) is 10.7. The summed E-state index contributed by atoms with van der Waals surface area (Å²) in [5, 5.41) is 36.6. The van der Waals surface area contributed by atoms with Crippen molar-refractivity contribution < 1.29 is 24.3 Å². The van der Waals surface area contributed by atoms with Gasteiger partial charge in [0.15, 0.2) is 5.96 Å². The lowest BCUT2D eigenvalue weighted by molar-refractivity contribution is -0.166. The van der Waals surface area contributed by atoms with Crippen molar-refractivity contribution in [3.8, 4) is 0 Å². The molecule has 0 saturated carbocycles. The summed E-state index contributed by atoms with van der Waals surface area (Å²) in [5.41, 5.74) is 5.35. The van der Waals surface area contributed by atoms with Gasteiger partial charge >= 0.3 is 5.97 Å². The molecular formula is C22H33N11O5S. The first-order valence-electron chi connectivity index (χ1n) is 12.9. The highest BCUT2D eigenvalue weighted by Crippen LogP contribution is 2.50. The van der Waals surface area contributed by atoms with Crippen LogP contribution < -0.4 is 21.7 Å². The minimum absolute atomic E-state index is 0.0146. The largest absolute Gasteiger partial charge is 0.480 e. The Morgan fingerprint density at radius 2 is 2.10 bits per heavy atom. The molecule has 212 valence electrons. The first-order valence-corrected chi connectivity index (χ1v) is 13.8. The Labute approximate surface area is 228 Å². The normalized spacial score (nSPS) is 32.7. The van der Waals surface area contributed by atoms with Crippen LogP contribution in [0.15, 0.2) is 6.33 Å². The van der Waals surface area contributed by atoms with Crippen molar-refractivity contribution in [1.82, 2.24) is 46.0 Å². The summed E-state index contributed by atoms with van der Waals surface area (Å²) in [6.45, 7) is 5.16. The van der Waals surface area contributed by atoms with Crippen LogP contribution in [0.5, 0.6) is 0 Å².